The highest BCUT2D eigenvalue weighted by Crippen LogP contribution is 2.37. The fourth-order valence-electron chi connectivity index (χ4n) is 3.28. The Morgan fingerprint density at radius 3 is 2.44 bits per heavy atom. The van der Waals surface area contributed by atoms with Crippen molar-refractivity contribution < 1.29 is 4.79 Å². The van der Waals surface area contributed by atoms with E-state index >= 15 is 0 Å². The van der Waals surface area contributed by atoms with Crippen LogP contribution in [0.5, 0.6) is 0 Å². The lowest BCUT2D eigenvalue weighted by atomic mass is 9.84. The molecule has 2 aliphatic rings. The van der Waals surface area contributed by atoms with Crippen LogP contribution >= 0.6 is 0 Å². The number of fused-ring (bicyclic) bond motifs is 1. The molecule has 0 radical (unpaired) electrons. The van der Waals surface area contributed by atoms with Gasteiger partial charge in [-0.1, -0.05) is 39.5 Å². The third-order valence-electron chi connectivity index (χ3n) is 4.38. The van der Waals surface area contributed by atoms with E-state index in [9.17, 15) is 4.79 Å². The van der Waals surface area contributed by atoms with Crippen LogP contribution < -0.4 is 0 Å². The van der Waals surface area contributed by atoms with Gasteiger partial charge in [-0.3, -0.25) is 4.79 Å². The number of nitrogens with zero attached hydrogens (tertiary/aromatic N) is 2. The van der Waals surface area contributed by atoms with Gasteiger partial charge < -0.3 is 4.90 Å². The van der Waals surface area contributed by atoms with Gasteiger partial charge in [0.05, 0.1) is 0 Å². The van der Waals surface area contributed by atoms with Crippen molar-refractivity contribution in [2.45, 2.75) is 77.2 Å². The topological polar surface area (TPSA) is 32.7 Å². The second kappa shape index (κ2) is 5.85. The molecule has 2 aliphatic heterocycles. The van der Waals surface area contributed by atoms with Crippen LogP contribution in [0.3, 0.4) is 0 Å². The van der Waals surface area contributed by atoms with Gasteiger partial charge in [-0.15, -0.1) is 0 Å². The first-order chi connectivity index (χ1) is 8.74. The van der Waals surface area contributed by atoms with Crippen LogP contribution in [0.25, 0.3) is 0 Å². The normalized spacial score (nSPS) is 22.0. The standard InChI is InChI=1S/C15H26N2O/c1-3-5-10-15(11-6-4-2)14(18)16-13-9-7-8-12-17(13)15/h3-12H2,1-2H3. The lowest BCUT2D eigenvalue weighted by Crippen LogP contribution is -2.53. The molecule has 0 bridgehead atoms. The van der Waals surface area contributed by atoms with Gasteiger partial charge in [-0.05, 0) is 25.7 Å². The summed E-state index contributed by atoms with van der Waals surface area (Å²) >= 11 is 0. The summed E-state index contributed by atoms with van der Waals surface area (Å²) in [5.41, 5.74) is -0.262. The number of hydrogen-bond acceptors (Lipinski definition) is 2. The molecule has 0 N–H and O–H groups in total. The second-order valence-electron chi connectivity index (χ2n) is 5.68. The number of amides is 1. The zero-order valence-electron chi connectivity index (χ0n) is 11.9. The van der Waals surface area contributed by atoms with Crippen molar-refractivity contribution in [3.63, 3.8) is 0 Å². The summed E-state index contributed by atoms with van der Waals surface area (Å²) in [5, 5.41) is 0. The number of piperidine rings is 1. The largest absolute Gasteiger partial charge is 0.345 e. The van der Waals surface area contributed by atoms with E-state index in [2.05, 4.69) is 23.7 Å². The molecule has 0 aliphatic carbocycles. The van der Waals surface area contributed by atoms with E-state index in [1.165, 1.54) is 12.8 Å². The van der Waals surface area contributed by atoms with E-state index in [1.807, 2.05) is 0 Å². The Hall–Kier alpha value is -0.860. The van der Waals surface area contributed by atoms with Crippen molar-refractivity contribution in [3.8, 4) is 0 Å². The number of unbranched alkanes of at least 4 members (excludes halogenated alkanes) is 2. The molecule has 0 aromatic carbocycles. The molecule has 3 heteroatoms. The molecule has 0 saturated carbocycles. The molecule has 0 aromatic rings. The second-order valence-corrected chi connectivity index (χ2v) is 5.68. The third kappa shape index (κ3) is 2.32. The van der Waals surface area contributed by atoms with Crippen LogP contribution in [0.4, 0.5) is 0 Å². The maximum absolute atomic E-state index is 12.4. The maximum Gasteiger partial charge on any atom is 0.273 e. The summed E-state index contributed by atoms with van der Waals surface area (Å²) in [5.74, 6) is 1.24. The summed E-state index contributed by atoms with van der Waals surface area (Å²) in [6, 6.07) is 0. The van der Waals surface area contributed by atoms with Crippen molar-refractivity contribution >= 4 is 11.7 Å². The summed E-state index contributed by atoms with van der Waals surface area (Å²) in [4.78, 5) is 19.2. The van der Waals surface area contributed by atoms with Gasteiger partial charge in [0, 0.05) is 13.0 Å². The lowest BCUT2D eigenvalue weighted by molar-refractivity contribution is -0.126. The molecule has 1 saturated heterocycles. The Morgan fingerprint density at radius 2 is 1.83 bits per heavy atom. The Balaban J connectivity index is 2.18. The third-order valence-corrected chi connectivity index (χ3v) is 4.38. The van der Waals surface area contributed by atoms with Crippen LogP contribution in [-0.2, 0) is 4.79 Å². The number of aliphatic imine (C=N–C) groups is 1. The Morgan fingerprint density at radius 1 is 1.17 bits per heavy atom. The van der Waals surface area contributed by atoms with Gasteiger partial charge in [-0.25, -0.2) is 0 Å². The SMILES string of the molecule is CCCCC1(CCCC)C(=O)N=C2CCCCN21. The molecule has 2 heterocycles. The zero-order chi connectivity index (χ0) is 13.0. The van der Waals surface area contributed by atoms with Gasteiger partial charge >= 0.3 is 0 Å². The van der Waals surface area contributed by atoms with Crippen molar-refractivity contribution in [2.24, 2.45) is 4.99 Å². The van der Waals surface area contributed by atoms with Crippen molar-refractivity contribution in [1.29, 1.82) is 0 Å². The molecular weight excluding hydrogens is 224 g/mol. The summed E-state index contributed by atoms with van der Waals surface area (Å²) in [6.45, 7) is 5.44. The first-order valence-corrected chi connectivity index (χ1v) is 7.64. The fraction of sp³-hybridized carbons (Fsp3) is 0.867. The summed E-state index contributed by atoms with van der Waals surface area (Å²) < 4.78 is 0. The van der Waals surface area contributed by atoms with Gasteiger partial charge in [-0.2, -0.15) is 4.99 Å². The average Bonchev–Trinajstić information content (AvgIpc) is 2.67. The molecule has 0 unspecified atom stereocenters. The van der Waals surface area contributed by atoms with E-state index in [4.69, 9.17) is 0 Å². The first-order valence-electron chi connectivity index (χ1n) is 7.64. The molecular formula is C15H26N2O. The molecule has 102 valence electrons. The van der Waals surface area contributed by atoms with Crippen LogP contribution in [0.15, 0.2) is 4.99 Å². The monoisotopic (exact) mass is 250 g/mol. The highest BCUT2D eigenvalue weighted by molar-refractivity contribution is 6.06. The van der Waals surface area contributed by atoms with Gasteiger partial charge in [0.2, 0.25) is 0 Å². The van der Waals surface area contributed by atoms with Crippen LogP contribution in [0.2, 0.25) is 0 Å². The summed E-state index contributed by atoms with van der Waals surface area (Å²) in [6.07, 6.45) is 9.99. The van der Waals surface area contributed by atoms with E-state index < -0.39 is 0 Å². The average molecular weight is 250 g/mol. The summed E-state index contributed by atoms with van der Waals surface area (Å²) in [7, 11) is 0. The predicted octanol–water partition coefficient (Wildman–Crippen LogP) is 3.53. The van der Waals surface area contributed by atoms with Crippen molar-refractivity contribution in [3.05, 3.63) is 0 Å². The van der Waals surface area contributed by atoms with Crippen molar-refractivity contribution in [2.75, 3.05) is 6.54 Å². The number of carbonyl (C=O) groups is 1. The quantitative estimate of drug-likeness (QED) is 0.722. The lowest BCUT2D eigenvalue weighted by Gasteiger charge is -2.41. The molecule has 0 spiro atoms. The van der Waals surface area contributed by atoms with Gasteiger partial charge in [0.15, 0.2) is 0 Å². The number of amidine groups is 1. The molecule has 0 atom stereocenters. The first kappa shape index (κ1) is 13.6. The van der Waals surface area contributed by atoms with Crippen LogP contribution in [0.1, 0.15) is 71.6 Å². The van der Waals surface area contributed by atoms with Crippen LogP contribution in [-0.4, -0.2) is 28.7 Å². The molecule has 1 amide bonds. The van der Waals surface area contributed by atoms with E-state index in [-0.39, 0.29) is 11.4 Å². The smallest absolute Gasteiger partial charge is 0.273 e. The molecule has 0 aromatic heterocycles. The Kier molecular flexibility index (Phi) is 4.41. The van der Waals surface area contributed by atoms with Gasteiger partial charge in [0.25, 0.3) is 5.91 Å². The van der Waals surface area contributed by atoms with E-state index in [0.717, 1.165) is 57.3 Å². The van der Waals surface area contributed by atoms with Crippen molar-refractivity contribution in [1.82, 2.24) is 4.90 Å². The Bertz CT molecular complexity index is 327. The van der Waals surface area contributed by atoms with E-state index in [1.54, 1.807) is 0 Å². The Labute approximate surface area is 111 Å². The minimum Gasteiger partial charge on any atom is -0.345 e. The zero-order valence-corrected chi connectivity index (χ0v) is 11.9. The van der Waals surface area contributed by atoms with E-state index in [0.29, 0.717) is 0 Å². The van der Waals surface area contributed by atoms with Crippen LogP contribution in [0, 0.1) is 0 Å². The minimum atomic E-state index is -0.262. The molecule has 1 fully saturated rings. The highest BCUT2D eigenvalue weighted by Gasteiger charge is 2.49. The maximum atomic E-state index is 12.4. The predicted molar refractivity (Wildman–Crippen MR) is 74.8 cm³/mol. The fourth-order valence-corrected chi connectivity index (χ4v) is 3.28. The number of carbonyl (C=O) groups excluding carboxylic acids is 1. The molecule has 2 rings (SSSR count). The number of rotatable bonds is 6. The molecule has 18 heavy (non-hydrogen) atoms. The van der Waals surface area contributed by atoms with Gasteiger partial charge in [0.1, 0.15) is 11.4 Å². The number of hydrogen-bond donors (Lipinski definition) is 0. The molecule has 3 nitrogen and oxygen atoms in total. The highest BCUT2D eigenvalue weighted by atomic mass is 16.2. The minimum absolute atomic E-state index is 0.154.